The zero-order valence-corrected chi connectivity index (χ0v) is 17.0. The molecule has 3 amide bonds. The fraction of sp³-hybridized carbons (Fsp3) is 0.190. The molecule has 0 unspecified atom stereocenters. The van der Waals surface area contributed by atoms with Crippen LogP contribution in [0, 0.1) is 6.92 Å². The lowest BCUT2D eigenvalue weighted by atomic mass is 10.2. The summed E-state index contributed by atoms with van der Waals surface area (Å²) >= 11 is 1.32. The summed E-state index contributed by atoms with van der Waals surface area (Å²) in [6, 6.07) is 14.3. The molecule has 3 rings (SSSR count). The van der Waals surface area contributed by atoms with Crippen LogP contribution in [0.15, 0.2) is 53.9 Å². The standard InChI is InChI=1S/C21H22N4O3S/c1-14-5-3-4-6-18(14)24-19(26)12-9-16-13-29-21(23-16)25-20(27)22-15-7-10-17(28-2)11-8-15/h3-8,10-11,13H,9,12H2,1-2H3,(H,24,26)(H2,22,23,25,27). The fourth-order valence-electron chi connectivity index (χ4n) is 2.58. The van der Waals surface area contributed by atoms with E-state index in [-0.39, 0.29) is 11.9 Å². The van der Waals surface area contributed by atoms with Crippen molar-refractivity contribution in [3.05, 3.63) is 65.2 Å². The van der Waals surface area contributed by atoms with Crippen LogP contribution in [0.25, 0.3) is 0 Å². The van der Waals surface area contributed by atoms with Crippen molar-refractivity contribution >= 4 is 39.8 Å². The molecule has 29 heavy (non-hydrogen) atoms. The Morgan fingerprint density at radius 2 is 1.79 bits per heavy atom. The van der Waals surface area contributed by atoms with E-state index in [4.69, 9.17) is 4.74 Å². The van der Waals surface area contributed by atoms with Gasteiger partial charge in [-0.3, -0.25) is 10.1 Å². The Morgan fingerprint density at radius 3 is 2.52 bits per heavy atom. The van der Waals surface area contributed by atoms with Crippen molar-refractivity contribution in [1.29, 1.82) is 0 Å². The molecule has 0 fully saturated rings. The van der Waals surface area contributed by atoms with Crippen molar-refractivity contribution in [1.82, 2.24) is 4.98 Å². The van der Waals surface area contributed by atoms with Gasteiger partial charge in [-0.25, -0.2) is 9.78 Å². The van der Waals surface area contributed by atoms with Crippen LogP contribution < -0.4 is 20.7 Å². The maximum Gasteiger partial charge on any atom is 0.325 e. The number of aryl methyl sites for hydroxylation is 2. The molecule has 0 aliphatic carbocycles. The Balaban J connectivity index is 1.46. The van der Waals surface area contributed by atoms with Crippen LogP contribution in [-0.4, -0.2) is 24.0 Å². The number of amides is 3. The first-order valence-corrected chi connectivity index (χ1v) is 9.93. The number of benzene rings is 2. The maximum absolute atomic E-state index is 12.1. The second-order valence-electron chi connectivity index (χ2n) is 6.31. The number of methoxy groups -OCH3 is 1. The molecular formula is C21H22N4O3S. The molecule has 1 aromatic heterocycles. The van der Waals surface area contributed by atoms with E-state index in [1.54, 1.807) is 31.4 Å². The molecule has 3 N–H and O–H groups in total. The van der Waals surface area contributed by atoms with Crippen LogP contribution in [0.3, 0.4) is 0 Å². The minimum absolute atomic E-state index is 0.0703. The molecule has 0 atom stereocenters. The number of rotatable bonds is 7. The normalized spacial score (nSPS) is 10.3. The number of anilines is 3. The molecule has 8 heteroatoms. The SMILES string of the molecule is COc1ccc(NC(=O)Nc2nc(CCC(=O)Nc3ccccc3C)cs2)cc1. The molecule has 0 aliphatic rings. The number of nitrogens with one attached hydrogen (secondary N) is 3. The van der Waals surface area contributed by atoms with Crippen LogP contribution in [0.2, 0.25) is 0 Å². The summed E-state index contributed by atoms with van der Waals surface area (Å²) in [6.07, 6.45) is 0.811. The minimum Gasteiger partial charge on any atom is -0.497 e. The van der Waals surface area contributed by atoms with Gasteiger partial charge in [0.05, 0.1) is 12.8 Å². The van der Waals surface area contributed by atoms with E-state index in [9.17, 15) is 9.59 Å². The molecule has 3 aromatic rings. The first-order chi connectivity index (χ1) is 14.0. The van der Waals surface area contributed by atoms with Gasteiger partial charge in [0, 0.05) is 23.2 Å². The number of hydrogen-bond donors (Lipinski definition) is 3. The van der Waals surface area contributed by atoms with Gasteiger partial charge in [-0.05, 0) is 49.2 Å². The molecule has 0 saturated heterocycles. The molecule has 0 radical (unpaired) electrons. The van der Waals surface area contributed by atoms with Gasteiger partial charge < -0.3 is 15.4 Å². The first kappa shape index (κ1) is 20.3. The second-order valence-corrected chi connectivity index (χ2v) is 7.17. The molecule has 0 aliphatic heterocycles. The topological polar surface area (TPSA) is 92.3 Å². The predicted octanol–water partition coefficient (Wildman–Crippen LogP) is 4.68. The van der Waals surface area contributed by atoms with E-state index in [0.29, 0.717) is 29.4 Å². The largest absolute Gasteiger partial charge is 0.497 e. The van der Waals surface area contributed by atoms with Gasteiger partial charge in [-0.15, -0.1) is 11.3 Å². The number of aromatic nitrogens is 1. The van der Waals surface area contributed by atoms with Gasteiger partial charge in [0.1, 0.15) is 5.75 Å². The Hall–Kier alpha value is -3.39. The van der Waals surface area contributed by atoms with E-state index < -0.39 is 0 Å². The van der Waals surface area contributed by atoms with Gasteiger partial charge in [0.15, 0.2) is 5.13 Å². The average Bonchev–Trinajstić information content (AvgIpc) is 3.16. The molecule has 150 valence electrons. The highest BCUT2D eigenvalue weighted by Crippen LogP contribution is 2.19. The summed E-state index contributed by atoms with van der Waals surface area (Å²) in [5, 5.41) is 10.6. The van der Waals surface area contributed by atoms with E-state index in [0.717, 1.165) is 16.9 Å². The van der Waals surface area contributed by atoms with Crippen molar-refractivity contribution in [3.63, 3.8) is 0 Å². The van der Waals surface area contributed by atoms with Gasteiger partial charge in [-0.1, -0.05) is 18.2 Å². The molecule has 0 saturated carbocycles. The zero-order valence-electron chi connectivity index (χ0n) is 16.2. The number of carbonyl (C=O) groups is 2. The third kappa shape index (κ3) is 6.05. The summed E-state index contributed by atoms with van der Waals surface area (Å²) in [5.74, 6) is 0.644. The molecular weight excluding hydrogens is 388 g/mol. The van der Waals surface area contributed by atoms with Gasteiger partial charge >= 0.3 is 6.03 Å². The lowest BCUT2D eigenvalue weighted by molar-refractivity contribution is -0.116. The highest BCUT2D eigenvalue weighted by molar-refractivity contribution is 7.13. The molecule has 0 spiro atoms. The second kappa shape index (κ2) is 9.70. The highest BCUT2D eigenvalue weighted by Gasteiger charge is 2.10. The highest BCUT2D eigenvalue weighted by atomic mass is 32.1. The van der Waals surface area contributed by atoms with E-state index in [2.05, 4.69) is 20.9 Å². The van der Waals surface area contributed by atoms with E-state index >= 15 is 0 Å². The van der Waals surface area contributed by atoms with Crippen molar-refractivity contribution < 1.29 is 14.3 Å². The van der Waals surface area contributed by atoms with Crippen LogP contribution in [0.1, 0.15) is 17.7 Å². The monoisotopic (exact) mass is 410 g/mol. The summed E-state index contributed by atoms with van der Waals surface area (Å²) in [6.45, 7) is 1.95. The van der Waals surface area contributed by atoms with Gasteiger partial charge in [0.2, 0.25) is 5.91 Å². The summed E-state index contributed by atoms with van der Waals surface area (Å²) < 4.78 is 5.09. The van der Waals surface area contributed by atoms with Crippen molar-refractivity contribution in [2.24, 2.45) is 0 Å². The number of thiazole rings is 1. The smallest absolute Gasteiger partial charge is 0.325 e. The average molecular weight is 410 g/mol. The number of nitrogens with zero attached hydrogens (tertiary/aromatic N) is 1. The zero-order chi connectivity index (χ0) is 20.6. The summed E-state index contributed by atoms with van der Waals surface area (Å²) in [4.78, 5) is 28.6. The Kier molecular flexibility index (Phi) is 6.80. The van der Waals surface area contributed by atoms with Gasteiger partial charge in [0.25, 0.3) is 0 Å². The third-order valence-corrected chi connectivity index (χ3v) is 4.95. The quantitative estimate of drug-likeness (QED) is 0.527. The summed E-state index contributed by atoms with van der Waals surface area (Å²) in [5.41, 5.74) is 3.24. The number of hydrogen-bond acceptors (Lipinski definition) is 5. The van der Waals surface area contributed by atoms with Crippen LogP contribution in [0.5, 0.6) is 5.75 Å². The number of ether oxygens (including phenoxy) is 1. The van der Waals surface area contributed by atoms with Crippen LogP contribution >= 0.6 is 11.3 Å². The lowest BCUT2D eigenvalue weighted by Gasteiger charge is -2.07. The molecule has 7 nitrogen and oxygen atoms in total. The molecule has 1 heterocycles. The summed E-state index contributed by atoms with van der Waals surface area (Å²) in [7, 11) is 1.58. The van der Waals surface area contributed by atoms with Crippen molar-refractivity contribution in [2.45, 2.75) is 19.8 Å². The maximum atomic E-state index is 12.1. The third-order valence-electron chi connectivity index (χ3n) is 4.15. The van der Waals surface area contributed by atoms with E-state index in [1.807, 2.05) is 36.6 Å². The first-order valence-electron chi connectivity index (χ1n) is 9.05. The number of urea groups is 1. The fourth-order valence-corrected chi connectivity index (χ4v) is 3.32. The molecule has 2 aromatic carbocycles. The van der Waals surface area contributed by atoms with Gasteiger partial charge in [-0.2, -0.15) is 0 Å². The Labute approximate surface area is 173 Å². The minimum atomic E-state index is -0.381. The number of para-hydroxylation sites is 1. The van der Waals surface area contributed by atoms with Crippen molar-refractivity contribution in [3.8, 4) is 5.75 Å². The van der Waals surface area contributed by atoms with Crippen molar-refractivity contribution in [2.75, 3.05) is 23.1 Å². The Morgan fingerprint density at radius 1 is 1.03 bits per heavy atom. The van der Waals surface area contributed by atoms with E-state index in [1.165, 1.54) is 11.3 Å². The Bertz CT molecular complexity index is 986. The molecule has 0 bridgehead atoms. The van der Waals surface area contributed by atoms with Crippen LogP contribution in [-0.2, 0) is 11.2 Å². The lowest BCUT2D eigenvalue weighted by Crippen LogP contribution is -2.19. The number of carbonyl (C=O) groups excluding carboxylic acids is 2. The van der Waals surface area contributed by atoms with Crippen LogP contribution in [0.4, 0.5) is 21.3 Å². The predicted molar refractivity (Wildman–Crippen MR) is 116 cm³/mol.